The number of carbonyl (C=O) groups excluding carboxylic acids is 2. The zero-order valence-corrected chi connectivity index (χ0v) is 17.9. The van der Waals surface area contributed by atoms with E-state index in [-0.39, 0.29) is 13.2 Å². The maximum Gasteiger partial charge on any atom is 0.276 e. The third kappa shape index (κ3) is 6.98. The molecule has 6 nitrogen and oxygen atoms in total. The first-order valence-electron chi connectivity index (χ1n) is 9.50. The van der Waals surface area contributed by atoms with Gasteiger partial charge in [-0.3, -0.25) is 20.4 Å². The normalized spacial score (nSPS) is 11.5. The summed E-state index contributed by atoms with van der Waals surface area (Å²) in [6.07, 6.45) is 1.06. The summed E-state index contributed by atoms with van der Waals surface area (Å²) in [6.45, 7) is 7.57. The average molecular weight is 419 g/mol. The SMILES string of the molecule is CCC(C)c1ccc(OCC(=O)NNC(=O)COc2cc(C)c(Cl)c(C)c2)cc1. The monoisotopic (exact) mass is 418 g/mol. The molecule has 0 radical (unpaired) electrons. The number of hydrazine groups is 1. The second-order valence-electron chi connectivity index (χ2n) is 6.92. The first-order valence-corrected chi connectivity index (χ1v) is 9.88. The van der Waals surface area contributed by atoms with Crippen molar-refractivity contribution in [2.45, 2.75) is 40.0 Å². The fourth-order valence-electron chi connectivity index (χ4n) is 2.63. The Kier molecular flexibility index (Phi) is 8.34. The minimum atomic E-state index is -0.485. The van der Waals surface area contributed by atoms with Crippen molar-refractivity contribution in [1.82, 2.24) is 10.9 Å². The van der Waals surface area contributed by atoms with Gasteiger partial charge in [0, 0.05) is 5.02 Å². The molecule has 7 heteroatoms. The number of aryl methyl sites for hydroxylation is 2. The predicted molar refractivity (Wildman–Crippen MR) is 113 cm³/mol. The number of ether oxygens (including phenoxy) is 2. The van der Waals surface area contributed by atoms with Crippen molar-refractivity contribution < 1.29 is 19.1 Å². The number of hydrogen-bond donors (Lipinski definition) is 2. The van der Waals surface area contributed by atoms with Crippen LogP contribution in [0.25, 0.3) is 0 Å². The van der Waals surface area contributed by atoms with Crippen LogP contribution >= 0.6 is 11.6 Å². The van der Waals surface area contributed by atoms with E-state index in [4.69, 9.17) is 21.1 Å². The molecule has 0 saturated carbocycles. The topological polar surface area (TPSA) is 76.7 Å². The van der Waals surface area contributed by atoms with Gasteiger partial charge in [0.1, 0.15) is 11.5 Å². The predicted octanol–water partition coefficient (Wildman–Crippen LogP) is 4.08. The lowest BCUT2D eigenvalue weighted by Gasteiger charge is -2.12. The molecule has 0 heterocycles. The highest BCUT2D eigenvalue weighted by Gasteiger charge is 2.09. The van der Waals surface area contributed by atoms with E-state index in [1.165, 1.54) is 5.56 Å². The molecule has 2 aromatic carbocycles. The second-order valence-corrected chi connectivity index (χ2v) is 7.30. The van der Waals surface area contributed by atoms with Gasteiger partial charge in [0.25, 0.3) is 11.8 Å². The number of halogens is 1. The van der Waals surface area contributed by atoms with Crippen LogP contribution in [0.2, 0.25) is 5.02 Å². The Morgan fingerprint density at radius 1 is 0.931 bits per heavy atom. The highest BCUT2D eigenvalue weighted by atomic mass is 35.5. The fraction of sp³-hybridized carbons (Fsp3) is 0.364. The summed E-state index contributed by atoms with van der Waals surface area (Å²) < 4.78 is 10.9. The lowest BCUT2D eigenvalue weighted by Crippen LogP contribution is -2.45. The van der Waals surface area contributed by atoms with Gasteiger partial charge in [0.15, 0.2) is 13.2 Å². The minimum Gasteiger partial charge on any atom is -0.484 e. The Bertz CT molecular complexity index is 829. The summed E-state index contributed by atoms with van der Waals surface area (Å²) in [4.78, 5) is 23.7. The molecular weight excluding hydrogens is 392 g/mol. The Balaban J connectivity index is 1.71. The van der Waals surface area contributed by atoms with Gasteiger partial charge >= 0.3 is 0 Å². The minimum absolute atomic E-state index is 0.209. The van der Waals surface area contributed by atoms with Gasteiger partial charge in [-0.1, -0.05) is 37.6 Å². The van der Waals surface area contributed by atoms with Crippen LogP contribution in [0.1, 0.15) is 42.9 Å². The van der Waals surface area contributed by atoms with E-state index < -0.39 is 11.8 Å². The summed E-state index contributed by atoms with van der Waals surface area (Å²) in [7, 11) is 0. The van der Waals surface area contributed by atoms with Crippen LogP contribution in [0.3, 0.4) is 0 Å². The molecule has 0 aliphatic rings. The van der Waals surface area contributed by atoms with E-state index in [2.05, 4.69) is 24.7 Å². The average Bonchev–Trinajstić information content (AvgIpc) is 2.72. The molecule has 1 unspecified atom stereocenters. The highest BCUT2D eigenvalue weighted by Crippen LogP contribution is 2.25. The van der Waals surface area contributed by atoms with E-state index in [1.807, 2.05) is 38.1 Å². The molecule has 1 atom stereocenters. The van der Waals surface area contributed by atoms with E-state index >= 15 is 0 Å². The van der Waals surface area contributed by atoms with Crippen LogP contribution in [0, 0.1) is 13.8 Å². The molecular formula is C22H27ClN2O4. The van der Waals surface area contributed by atoms with Crippen molar-refractivity contribution in [3.8, 4) is 11.5 Å². The van der Waals surface area contributed by atoms with Crippen molar-refractivity contribution in [2.24, 2.45) is 0 Å². The summed E-state index contributed by atoms with van der Waals surface area (Å²) in [5.74, 6) is 0.653. The summed E-state index contributed by atoms with van der Waals surface area (Å²) in [6, 6.07) is 11.1. The number of hydrogen-bond acceptors (Lipinski definition) is 4. The standard InChI is InChI=1S/C22H27ClN2O4/c1-5-14(2)17-6-8-18(9-7-17)28-12-20(26)24-25-21(27)13-29-19-10-15(3)22(23)16(4)11-19/h6-11,14H,5,12-13H2,1-4H3,(H,24,26)(H,25,27). The van der Waals surface area contributed by atoms with Crippen LogP contribution in [0.5, 0.6) is 11.5 Å². The molecule has 2 amide bonds. The summed E-state index contributed by atoms with van der Waals surface area (Å²) in [5.41, 5.74) is 7.54. The van der Waals surface area contributed by atoms with Crippen LogP contribution in [-0.2, 0) is 9.59 Å². The Morgan fingerprint density at radius 2 is 1.41 bits per heavy atom. The van der Waals surface area contributed by atoms with Crippen molar-refractivity contribution >= 4 is 23.4 Å². The number of rotatable bonds is 8. The van der Waals surface area contributed by atoms with Gasteiger partial charge in [-0.25, -0.2) is 0 Å². The van der Waals surface area contributed by atoms with Crippen molar-refractivity contribution in [3.63, 3.8) is 0 Å². The maximum absolute atomic E-state index is 11.8. The Labute approximate surface area is 176 Å². The molecule has 0 spiro atoms. The van der Waals surface area contributed by atoms with E-state index in [0.717, 1.165) is 17.5 Å². The lowest BCUT2D eigenvalue weighted by atomic mass is 9.99. The summed E-state index contributed by atoms with van der Waals surface area (Å²) >= 11 is 6.10. The smallest absolute Gasteiger partial charge is 0.276 e. The molecule has 29 heavy (non-hydrogen) atoms. The summed E-state index contributed by atoms with van der Waals surface area (Å²) in [5, 5.41) is 0.670. The van der Waals surface area contributed by atoms with Crippen LogP contribution in [0.4, 0.5) is 0 Å². The van der Waals surface area contributed by atoms with Crippen molar-refractivity contribution in [2.75, 3.05) is 13.2 Å². The van der Waals surface area contributed by atoms with Crippen LogP contribution in [0.15, 0.2) is 36.4 Å². The van der Waals surface area contributed by atoms with Gasteiger partial charge in [-0.15, -0.1) is 0 Å². The van der Waals surface area contributed by atoms with Gasteiger partial charge in [-0.2, -0.15) is 0 Å². The number of nitrogens with one attached hydrogen (secondary N) is 2. The number of carbonyl (C=O) groups is 2. The zero-order chi connectivity index (χ0) is 21.4. The third-order valence-electron chi connectivity index (χ3n) is 4.55. The molecule has 0 aromatic heterocycles. The second kappa shape index (κ2) is 10.7. The Hall–Kier alpha value is -2.73. The first kappa shape index (κ1) is 22.6. The molecule has 2 N–H and O–H groups in total. The molecule has 156 valence electrons. The molecule has 0 aliphatic heterocycles. The highest BCUT2D eigenvalue weighted by molar-refractivity contribution is 6.32. The molecule has 0 bridgehead atoms. The van der Waals surface area contributed by atoms with Crippen LogP contribution < -0.4 is 20.3 Å². The van der Waals surface area contributed by atoms with E-state index in [9.17, 15) is 9.59 Å². The lowest BCUT2D eigenvalue weighted by molar-refractivity contribution is -0.131. The third-order valence-corrected chi connectivity index (χ3v) is 5.15. The van der Waals surface area contributed by atoms with E-state index in [1.54, 1.807) is 12.1 Å². The van der Waals surface area contributed by atoms with Gasteiger partial charge in [-0.05, 0) is 67.1 Å². The van der Waals surface area contributed by atoms with Crippen molar-refractivity contribution in [3.05, 3.63) is 58.1 Å². The quantitative estimate of drug-likeness (QED) is 0.633. The van der Waals surface area contributed by atoms with Crippen molar-refractivity contribution in [1.29, 1.82) is 0 Å². The number of amides is 2. The molecule has 0 aliphatic carbocycles. The molecule has 0 saturated heterocycles. The van der Waals surface area contributed by atoms with E-state index in [0.29, 0.717) is 22.4 Å². The van der Waals surface area contributed by atoms with Gasteiger partial charge in [0.2, 0.25) is 0 Å². The molecule has 2 aromatic rings. The van der Waals surface area contributed by atoms with Gasteiger partial charge < -0.3 is 9.47 Å². The maximum atomic E-state index is 11.8. The molecule has 0 fully saturated rings. The molecule has 2 rings (SSSR count). The first-order chi connectivity index (χ1) is 13.8. The largest absolute Gasteiger partial charge is 0.484 e. The number of benzene rings is 2. The zero-order valence-electron chi connectivity index (χ0n) is 17.2. The Morgan fingerprint density at radius 3 is 1.90 bits per heavy atom. The van der Waals surface area contributed by atoms with Gasteiger partial charge in [0.05, 0.1) is 0 Å². The van der Waals surface area contributed by atoms with Crippen LogP contribution in [-0.4, -0.2) is 25.0 Å². The fourth-order valence-corrected chi connectivity index (χ4v) is 2.74.